The van der Waals surface area contributed by atoms with Gasteiger partial charge in [-0.3, -0.25) is 9.59 Å². The van der Waals surface area contributed by atoms with Crippen molar-refractivity contribution in [2.45, 2.75) is 57.5 Å². The van der Waals surface area contributed by atoms with Crippen molar-refractivity contribution in [2.75, 3.05) is 26.8 Å². The van der Waals surface area contributed by atoms with Gasteiger partial charge in [0, 0.05) is 39.3 Å². The predicted molar refractivity (Wildman–Crippen MR) is 81.7 cm³/mol. The van der Waals surface area contributed by atoms with Crippen LogP contribution in [0.3, 0.4) is 0 Å². The fraction of sp³-hybridized carbons (Fsp3) is 0.867. The lowest BCUT2D eigenvalue weighted by Crippen LogP contribution is -2.51. The molecule has 0 aromatic heterocycles. The maximum atomic E-state index is 12.2. The highest BCUT2D eigenvalue weighted by Crippen LogP contribution is 2.12. The van der Waals surface area contributed by atoms with E-state index in [2.05, 4.69) is 5.32 Å². The van der Waals surface area contributed by atoms with Gasteiger partial charge in [0.15, 0.2) is 0 Å². The van der Waals surface area contributed by atoms with Crippen LogP contribution in [0.25, 0.3) is 0 Å². The SMILES string of the molecule is CCCC(=O)NC1CCN(C(=O)C(N)CCCOC)CC1. The van der Waals surface area contributed by atoms with Gasteiger partial charge in [-0.15, -0.1) is 0 Å². The highest BCUT2D eigenvalue weighted by Gasteiger charge is 2.26. The van der Waals surface area contributed by atoms with Crippen molar-refractivity contribution in [3.8, 4) is 0 Å². The summed E-state index contributed by atoms with van der Waals surface area (Å²) in [6.45, 7) is 3.97. The quantitative estimate of drug-likeness (QED) is 0.644. The summed E-state index contributed by atoms with van der Waals surface area (Å²) < 4.78 is 4.97. The van der Waals surface area contributed by atoms with Crippen LogP contribution in [0.4, 0.5) is 0 Å². The predicted octanol–water partition coefficient (Wildman–Crippen LogP) is 0.648. The molecule has 6 nitrogen and oxygen atoms in total. The molecule has 0 spiro atoms. The van der Waals surface area contributed by atoms with Gasteiger partial charge >= 0.3 is 0 Å². The topological polar surface area (TPSA) is 84.7 Å². The molecule has 21 heavy (non-hydrogen) atoms. The van der Waals surface area contributed by atoms with Gasteiger partial charge in [0.1, 0.15) is 0 Å². The maximum Gasteiger partial charge on any atom is 0.239 e. The van der Waals surface area contributed by atoms with Crippen molar-refractivity contribution < 1.29 is 14.3 Å². The highest BCUT2D eigenvalue weighted by molar-refractivity contribution is 5.81. The number of nitrogens with zero attached hydrogens (tertiary/aromatic N) is 1. The fourth-order valence-electron chi connectivity index (χ4n) is 2.58. The number of hydrogen-bond donors (Lipinski definition) is 2. The molecule has 1 fully saturated rings. The maximum absolute atomic E-state index is 12.2. The van der Waals surface area contributed by atoms with E-state index in [1.807, 2.05) is 11.8 Å². The third-order valence-corrected chi connectivity index (χ3v) is 3.83. The molecule has 1 unspecified atom stereocenters. The molecule has 1 aliphatic rings. The summed E-state index contributed by atoms with van der Waals surface area (Å²) in [5.74, 6) is 0.128. The van der Waals surface area contributed by atoms with Crippen LogP contribution >= 0.6 is 0 Å². The average Bonchev–Trinajstić information content (AvgIpc) is 2.47. The number of hydrogen-bond acceptors (Lipinski definition) is 4. The molecule has 1 atom stereocenters. The van der Waals surface area contributed by atoms with Gasteiger partial charge < -0.3 is 20.7 Å². The first-order valence-electron chi connectivity index (χ1n) is 7.91. The monoisotopic (exact) mass is 299 g/mol. The van der Waals surface area contributed by atoms with E-state index in [1.165, 1.54) is 0 Å². The van der Waals surface area contributed by atoms with E-state index in [9.17, 15) is 9.59 Å². The lowest BCUT2D eigenvalue weighted by Gasteiger charge is -2.33. The Bertz CT molecular complexity index is 328. The molecular formula is C15H29N3O3. The zero-order valence-corrected chi connectivity index (χ0v) is 13.3. The van der Waals surface area contributed by atoms with Crippen LogP contribution in [0.2, 0.25) is 0 Å². The molecule has 0 saturated carbocycles. The fourth-order valence-corrected chi connectivity index (χ4v) is 2.58. The second-order valence-electron chi connectivity index (χ2n) is 5.66. The number of nitrogens with one attached hydrogen (secondary N) is 1. The zero-order valence-electron chi connectivity index (χ0n) is 13.3. The number of carbonyl (C=O) groups is 2. The van der Waals surface area contributed by atoms with Crippen LogP contribution in [0.15, 0.2) is 0 Å². The van der Waals surface area contributed by atoms with Gasteiger partial charge in [0.25, 0.3) is 0 Å². The largest absolute Gasteiger partial charge is 0.385 e. The van der Waals surface area contributed by atoms with Crippen LogP contribution in [-0.4, -0.2) is 55.6 Å². The molecule has 0 aromatic carbocycles. The Hall–Kier alpha value is -1.14. The molecule has 3 N–H and O–H groups in total. The number of amides is 2. The van der Waals surface area contributed by atoms with Crippen molar-refractivity contribution in [3.05, 3.63) is 0 Å². The molecule has 0 bridgehead atoms. The number of nitrogens with two attached hydrogens (primary N) is 1. The Balaban J connectivity index is 2.28. The minimum atomic E-state index is -0.439. The molecule has 2 amide bonds. The number of likely N-dealkylation sites (tertiary alicyclic amines) is 1. The van der Waals surface area contributed by atoms with Crippen LogP contribution in [-0.2, 0) is 14.3 Å². The van der Waals surface area contributed by atoms with Gasteiger partial charge in [-0.05, 0) is 32.1 Å². The van der Waals surface area contributed by atoms with Gasteiger partial charge in [-0.25, -0.2) is 0 Å². The minimum Gasteiger partial charge on any atom is -0.385 e. The molecule has 0 aliphatic carbocycles. The van der Waals surface area contributed by atoms with Crippen LogP contribution in [0, 0.1) is 0 Å². The van der Waals surface area contributed by atoms with E-state index >= 15 is 0 Å². The van der Waals surface area contributed by atoms with E-state index < -0.39 is 6.04 Å². The lowest BCUT2D eigenvalue weighted by atomic mass is 10.0. The summed E-state index contributed by atoms with van der Waals surface area (Å²) >= 11 is 0. The molecule has 1 rings (SSSR count). The first kappa shape index (κ1) is 17.9. The molecule has 122 valence electrons. The van der Waals surface area contributed by atoms with E-state index in [0.717, 1.165) is 25.7 Å². The Labute approximate surface area is 127 Å². The molecule has 1 heterocycles. The number of methoxy groups -OCH3 is 1. The van der Waals surface area contributed by atoms with Crippen molar-refractivity contribution in [2.24, 2.45) is 5.73 Å². The Morgan fingerprint density at radius 2 is 2.05 bits per heavy atom. The van der Waals surface area contributed by atoms with Crippen molar-refractivity contribution in [1.82, 2.24) is 10.2 Å². The molecular weight excluding hydrogens is 270 g/mol. The standard InChI is InChI=1S/C15H29N3O3/c1-3-5-14(19)17-12-7-9-18(10-8-12)15(20)13(16)6-4-11-21-2/h12-13H,3-11,16H2,1-2H3,(H,17,19). The third-order valence-electron chi connectivity index (χ3n) is 3.83. The Morgan fingerprint density at radius 1 is 1.38 bits per heavy atom. The normalized spacial score (nSPS) is 17.6. The summed E-state index contributed by atoms with van der Waals surface area (Å²) in [6.07, 6.45) is 4.51. The van der Waals surface area contributed by atoms with Gasteiger partial charge in [-0.2, -0.15) is 0 Å². The Morgan fingerprint density at radius 3 is 2.62 bits per heavy atom. The second kappa shape index (κ2) is 9.73. The van der Waals surface area contributed by atoms with Crippen molar-refractivity contribution in [1.29, 1.82) is 0 Å². The summed E-state index contributed by atoms with van der Waals surface area (Å²) in [5, 5.41) is 3.03. The molecule has 0 aromatic rings. The number of ether oxygens (including phenoxy) is 1. The first-order chi connectivity index (χ1) is 10.1. The van der Waals surface area contributed by atoms with Crippen LogP contribution in [0.1, 0.15) is 45.4 Å². The van der Waals surface area contributed by atoms with Crippen molar-refractivity contribution >= 4 is 11.8 Å². The van der Waals surface area contributed by atoms with E-state index in [0.29, 0.717) is 32.5 Å². The molecule has 1 aliphatic heterocycles. The lowest BCUT2D eigenvalue weighted by molar-refractivity contribution is -0.134. The third kappa shape index (κ3) is 6.44. The molecule has 1 saturated heterocycles. The minimum absolute atomic E-state index is 0.0180. The van der Waals surface area contributed by atoms with Crippen molar-refractivity contribution in [3.63, 3.8) is 0 Å². The first-order valence-corrected chi connectivity index (χ1v) is 7.91. The molecule has 0 radical (unpaired) electrons. The summed E-state index contributed by atoms with van der Waals surface area (Å²) in [4.78, 5) is 25.6. The van der Waals surface area contributed by atoms with E-state index in [4.69, 9.17) is 10.5 Å². The molecule has 6 heteroatoms. The average molecular weight is 299 g/mol. The summed E-state index contributed by atoms with van der Waals surface area (Å²) in [5.41, 5.74) is 5.93. The summed E-state index contributed by atoms with van der Waals surface area (Å²) in [7, 11) is 1.64. The Kier molecular flexibility index (Phi) is 8.30. The van der Waals surface area contributed by atoms with Gasteiger partial charge in [0.05, 0.1) is 6.04 Å². The number of piperidine rings is 1. The zero-order chi connectivity index (χ0) is 15.7. The number of carbonyl (C=O) groups excluding carboxylic acids is 2. The number of rotatable bonds is 8. The smallest absolute Gasteiger partial charge is 0.239 e. The van der Waals surface area contributed by atoms with Crippen LogP contribution in [0.5, 0.6) is 0 Å². The van der Waals surface area contributed by atoms with E-state index in [-0.39, 0.29) is 17.9 Å². The van der Waals surface area contributed by atoms with Gasteiger partial charge in [0.2, 0.25) is 11.8 Å². The second-order valence-corrected chi connectivity index (χ2v) is 5.66. The van der Waals surface area contributed by atoms with Crippen LogP contribution < -0.4 is 11.1 Å². The van der Waals surface area contributed by atoms with Gasteiger partial charge in [-0.1, -0.05) is 6.92 Å². The summed E-state index contributed by atoms with van der Waals surface area (Å²) in [6, 6.07) is -0.246. The van der Waals surface area contributed by atoms with E-state index in [1.54, 1.807) is 7.11 Å². The highest BCUT2D eigenvalue weighted by atomic mass is 16.5.